The van der Waals surface area contributed by atoms with Gasteiger partial charge in [-0.05, 0) is 35.6 Å². The van der Waals surface area contributed by atoms with Gasteiger partial charge < -0.3 is 4.90 Å². The Balaban J connectivity index is 2.22. The Kier molecular flexibility index (Phi) is 5.44. The van der Waals surface area contributed by atoms with Crippen LogP contribution in [0.1, 0.15) is 52.1 Å². The number of carbonyl (C=O) groups excluding carboxylic acids is 1. The van der Waals surface area contributed by atoms with E-state index in [4.69, 9.17) is 0 Å². The van der Waals surface area contributed by atoms with Crippen LogP contribution in [0.5, 0.6) is 0 Å². The van der Waals surface area contributed by atoms with Gasteiger partial charge in [0.2, 0.25) is 5.91 Å². The van der Waals surface area contributed by atoms with Gasteiger partial charge in [-0.3, -0.25) is 10.1 Å². The summed E-state index contributed by atoms with van der Waals surface area (Å²) in [6.07, 6.45) is 0.910. The van der Waals surface area contributed by atoms with Crippen LogP contribution in [-0.4, -0.2) is 23.4 Å². The molecular formula is C17H28N2OS. The van der Waals surface area contributed by atoms with E-state index in [9.17, 15) is 4.79 Å². The van der Waals surface area contributed by atoms with Crippen molar-refractivity contribution in [3.8, 4) is 0 Å². The molecule has 1 fully saturated rings. The van der Waals surface area contributed by atoms with Gasteiger partial charge in [0, 0.05) is 11.4 Å². The van der Waals surface area contributed by atoms with Crippen molar-refractivity contribution in [3.05, 3.63) is 22.4 Å². The Labute approximate surface area is 132 Å². The van der Waals surface area contributed by atoms with E-state index in [2.05, 4.69) is 62.3 Å². The van der Waals surface area contributed by atoms with Crippen LogP contribution < -0.4 is 5.32 Å². The molecule has 1 aromatic heterocycles. The number of carbonyl (C=O) groups is 1. The number of amides is 1. The van der Waals surface area contributed by atoms with Gasteiger partial charge in [-0.25, -0.2) is 0 Å². The first-order chi connectivity index (χ1) is 9.95. The lowest BCUT2D eigenvalue weighted by molar-refractivity contribution is -0.131. The fourth-order valence-corrected chi connectivity index (χ4v) is 4.06. The molecule has 2 rings (SSSR count). The van der Waals surface area contributed by atoms with Crippen LogP contribution in [-0.2, 0) is 4.79 Å². The lowest BCUT2D eigenvalue weighted by Crippen LogP contribution is -2.38. The third-order valence-electron chi connectivity index (χ3n) is 4.59. The van der Waals surface area contributed by atoms with E-state index in [0.29, 0.717) is 17.8 Å². The molecule has 0 radical (unpaired) electrons. The summed E-state index contributed by atoms with van der Waals surface area (Å²) in [6.45, 7) is 12.0. The second-order valence-electron chi connectivity index (χ2n) is 6.69. The van der Waals surface area contributed by atoms with Gasteiger partial charge in [0.05, 0.1) is 6.04 Å². The molecule has 0 aliphatic carbocycles. The van der Waals surface area contributed by atoms with Crippen LogP contribution in [0.25, 0.3) is 0 Å². The second-order valence-corrected chi connectivity index (χ2v) is 7.67. The molecule has 0 bridgehead atoms. The molecule has 0 aromatic carbocycles. The van der Waals surface area contributed by atoms with E-state index in [1.807, 2.05) is 0 Å². The van der Waals surface area contributed by atoms with E-state index >= 15 is 0 Å². The van der Waals surface area contributed by atoms with Crippen LogP contribution >= 0.6 is 11.3 Å². The number of rotatable bonds is 6. The van der Waals surface area contributed by atoms with Gasteiger partial charge in [0.1, 0.15) is 6.17 Å². The Morgan fingerprint density at radius 2 is 1.95 bits per heavy atom. The lowest BCUT2D eigenvalue weighted by Gasteiger charge is -2.32. The van der Waals surface area contributed by atoms with Crippen molar-refractivity contribution in [1.82, 2.24) is 10.2 Å². The maximum Gasteiger partial charge on any atom is 0.241 e. The zero-order valence-corrected chi connectivity index (χ0v) is 14.6. The summed E-state index contributed by atoms with van der Waals surface area (Å²) in [5, 5.41) is 5.60. The van der Waals surface area contributed by atoms with Crippen molar-refractivity contribution in [2.24, 2.45) is 17.8 Å². The highest BCUT2D eigenvalue weighted by atomic mass is 32.1. The summed E-state index contributed by atoms with van der Waals surface area (Å²) in [4.78, 5) is 16.0. The molecule has 3 nitrogen and oxygen atoms in total. The van der Waals surface area contributed by atoms with E-state index in [1.54, 1.807) is 11.3 Å². The molecule has 118 valence electrons. The quantitative estimate of drug-likeness (QED) is 0.865. The standard InChI is InChI=1S/C17H28N2OS/c1-6-14-17(20)19(10-13(11(2)3)12(4)5)16(18-14)15-8-7-9-21-15/h7-9,11-14,16,18H,6,10H2,1-5H3. The molecule has 2 heterocycles. The Morgan fingerprint density at radius 3 is 2.43 bits per heavy atom. The third kappa shape index (κ3) is 3.49. The Hall–Kier alpha value is -0.870. The van der Waals surface area contributed by atoms with Gasteiger partial charge in [-0.2, -0.15) is 0 Å². The van der Waals surface area contributed by atoms with Crippen LogP contribution in [0.3, 0.4) is 0 Å². The summed E-state index contributed by atoms with van der Waals surface area (Å²) < 4.78 is 0. The fourth-order valence-electron chi connectivity index (χ4n) is 3.27. The van der Waals surface area contributed by atoms with E-state index in [-0.39, 0.29) is 18.1 Å². The molecule has 2 unspecified atom stereocenters. The van der Waals surface area contributed by atoms with Gasteiger partial charge in [0.25, 0.3) is 0 Å². The van der Waals surface area contributed by atoms with Gasteiger partial charge >= 0.3 is 0 Å². The van der Waals surface area contributed by atoms with Gasteiger partial charge in [-0.1, -0.05) is 40.7 Å². The molecule has 0 saturated carbocycles. The smallest absolute Gasteiger partial charge is 0.241 e. The molecule has 21 heavy (non-hydrogen) atoms. The monoisotopic (exact) mass is 308 g/mol. The van der Waals surface area contributed by atoms with Crippen LogP contribution in [0.2, 0.25) is 0 Å². The topological polar surface area (TPSA) is 32.3 Å². The van der Waals surface area contributed by atoms with Gasteiger partial charge in [0.15, 0.2) is 0 Å². The zero-order valence-electron chi connectivity index (χ0n) is 13.8. The Bertz CT molecular complexity index is 447. The van der Waals surface area contributed by atoms with Crippen molar-refractivity contribution >= 4 is 17.2 Å². The predicted molar refractivity (Wildman–Crippen MR) is 89.2 cm³/mol. The van der Waals surface area contributed by atoms with Crippen LogP contribution in [0.15, 0.2) is 17.5 Å². The fraction of sp³-hybridized carbons (Fsp3) is 0.706. The van der Waals surface area contributed by atoms with Crippen molar-refractivity contribution in [3.63, 3.8) is 0 Å². The average molecular weight is 308 g/mol. The summed E-state index contributed by atoms with van der Waals surface area (Å²) in [5.74, 6) is 1.97. The first-order valence-corrected chi connectivity index (χ1v) is 8.93. The molecule has 1 N–H and O–H groups in total. The van der Waals surface area contributed by atoms with Crippen LogP contribution in [0, 0.1) is 17.8 Å². The number of nitrogens with one attached hydrogen (secondary N) is 1. The van der Waals surface area contributed by atoms with E-state index < -0.39 is 0 Å². The minimum absolute atomic E-state index is 0.0305. The first kappa shape index (κ1) is 16.5. The maximum atomic E-state index is 12.7. The highest BCUT2D eigenvalue weighted by Crippen LogP contribution is 2.32. The molecule has 1 aliphatic heterocycles. The minimum atomic E-state index is -0.0305. The molecule has 1 aliphatic rings. The number of hydrogen-bond acceptors (Lipinski definition) is 3. The zero-order chi connectivity index (χ0) is 15.6. The van der Waals surface area contributed by atoms with Crippen molar-refractivity contribution in [2.45, 2.75) is 53.2 Å². The summed E-state index contributed by atoms with van der Waals surface area (Å²) in [5.41, 5.74) is 0. The highest BCUT2D eigenvalue weighted by Gasteiger charge is 2.40. The molecular weight excluding hydrogens is 280 g/mol. The highest BCUT2D eigenvalue weighted by molar-refractivity contribution is 7.10. The maximum absolute atomic E-state index is 12.7. The third-order valence-corrected chi connectivity index (χ3v) is 5.52. The summed E-state index contributed by atoms with van der Waals surface area (Å²) in [6, 6.07) is 4.16. The molecule has 1 aromatic rings. The van der Waals surface area contributed by atoms with Crippen LogP contribution in [0.4, 0.5) is 0 Å². The normalized spacial score (nSPS) is 23.0. The predicted octanol–water partition coefficient (Wildman–Crippen LogP) is 3.89. The average Bonchev–Trinajstić information content (AvgIpc) is 3.03. The summed E-state index contributed by atoms with van der Waals surface area (Å²) in [7, 11) is 0. The lowest BCUT2D eigenvalue weighted by atomic mass is 9.85. The second kappa shape index (κ2) is 6.93. The van der Waals surface area contributed by atoms with E-state index in [0.717, 1.165) is 13.0 Å². The number of nitrogens with zero attached hydrogens (tertiary/aromatic N) is 1. The van der Waals surface area contributed by atoms with Crippen molar-refractivity contribution in [1.29, 1.82) is 0 Å². The summed E-state index contributed by atoms with van der Waals surface area (Å²) >= 11 is 1.73. The largest absolute Gasteiger partial charge is 0.320 e. The van der Waals surface area contributed by atoms with Crippen molar-refractivity contribution < 1.29 is 4.79 Å². The molecule has 4 heteroatoms. The molecule has 2 atom stereocenters. The first-order valence-electron chi connectivity index (χ1n) is 8.05. The molecule has 0 spiro atoms. The SMILES string of the molecule is CCC1NC(c2cccs2)N(CC(C(C)C)C(C)C)C1=O. The molecule has 1 saturated heterocycles. The van der Waals surface area contributed by atoms with E-state index in [1.165, 1.54) is 4.88 Å². The Morgan fingerprint density at radius 1 is 1.29 bits per heavy atom. The molecule has 1 amide bonds. The van der Waals surface area contributed by atoms with Crippen molar-refractivity contribution in [2.75, 3.05) is 6.54 Å². The van der Waals surface area contributed by atoms with Gasteiger partial charge in [-0.15, -0.1) is 11.3 Å². The minimum Gasteiger partial charge on any atom is -0.320 e. The number of hydrogen-bond donors (Lipinski definition) is 1. The number of thiophene rings is 1.